The Hall–Kier alpha value is -2.66. The summed E-state index contributed by atoms with van der Waals surface area (Å²) in [6.45, 7) is 9.99. The van der Waals surface area contributed by atoms with Crippen LogP contribution in [0.15, 0.2) is 34.9 Å². The van der Waals surface area contributed by atoms with E-state index in [1.165, 1.54) is 11.1 Å². The molecule has 0 bridgehead atoms. The van der Waals surface area contributed by atoms with Gasteiger partial charge in [-0.1, -0.05) is 30.6 Å². The zero-order valence-electron chi connectivity index (χ0n) is 16.7. The van der Waals surface area contributed by atoms with Crippen molar-refractivity contribution in [3.05, 3.63) is 52.6 Å². The van der Waals surface area contributed by atoms with Crippen LogP contribution in [0.1, 0.15) is 36.1 Å². The van der Waals surface area contributed by atoms with Crippen molar-refractivity contribution in [1.29, 1.82) is 0 Å². The first-order chi connectivity index (χ1) is 12.9. The van der Waals surface area contributed by atoms with E-state index >= 15 is 0 Å². The highest BCUT2D eigenvalue weighted by atomic mass is 16.5. The summed E-state index contributed by atoms with van der Waals surface area (Å²) in [7, 11) is 2.10. The second-order valence-corrected chi connectivity index (χ2v) is 7.12. The number of aromatic hydroxyl groups is 1. The molecule has 142 valence electrons. The predicted octanol–water partition coefficient (Wildman–Crippen LogP) is 4.74. The zero-order valence-corrected chi connectivity index (χ0v) is 16.7. The van der Waals surface area contributed by atoms with Crippen molar-refractivity contribution in [2.24, 2.45) is 0 Å². The van der Waals surface area contributed by atoms with Gasteiger partial charge in [0.05, 0.1) is 0 Å². The maximum atomic E-state index is 10.1. The van der Waals surface area contributed by atoms with Gasteiger partial charge in [-0.25, -0.2) is 0 Å². The summed E-state index contributed by atoms with van der Waals surface area (Å²) in [5.74, 6) is 1.39. The Kier molecular flexibility index (Phi) is 5.61. The highest BCUT2D eigenvalue weighted by molar-refractivity contribution is 5.64. The van der Waals surface area contributed by atoms with Crippen LogP contribution >= 0.6 is 0 Å². The quantitative estimate of drug-likeness (QED) is 0.683. The molecule has 0 aliphatic rings. The number of aromatic nitrogens is 2. The van der Waals surface area contributed by atoms with Crippen LogP contribution in [0.2, 0.25) is 0 Å². The van der Waals surface area contributed by atoms with Gasteiger partial charge in [-0.15, -0.1) is 0 Å². The van der Waals surface area contributed by atoms with Crippen molar-refractivity contribution >= 4 is 0 Å². The fourth-order valence-electron chi connectivity index (χ4n) is 3.21. The van der Waals surface area contributed by atoms with Gasteiger partial charge < -0.3 is 14.5 Å². The molecule has 0 atom stereocenters. The molecule has 1 N–H and O–H groups in total. The molecule has 0 spiro atoms. The van der Waals surface area contributed by atoms with E-state index < -0.39 is 0 Å². The molecule has 1 aromatic heterocycles. The number of hydrogen-bond donors (Lipinski definition) is 1. The highest BCUT2D eigenvalue weighted by Gasteiger charge is 2.15. The van der Waals surface area contributed by atoms with Gasteiger partial charge in [0.1, 0.15) is 5.75 Å². The van der Waals surface area contributed by atoms with E-state index in [4.69, 9.17) is 4.52 Å². The van der Waals surface area contributed by atoms with E-state index in [1.54, 1.807) is 0 Å². The molecule has 0 fully saturated rings. The SMILES string of the molecule is CCc1cc(-c2noc(-c3cc(C)cc(CN(C)CC)c3)n2)cc(C)c1O. The van der Waals surface area contributed by atoms with E-state index in [0.29, 0.717) is 17.5 Å². The summed E-state index contributed by atoms with van der Waals surface area (Å²) in [5, 5.41) is 14.3. The van der Waals surface area contributed by atoms with Gasteiger partial charge in [-0.05, 0) is 74.8 Å². The van der Waals surface area contributed by atoms with Crippen molar-refractivity contribution in [2.45, 2.75) is 40.7 Å². The molecule has 5 nitrogen and oxygen atoms in total. The van der Waals surface area contributed by atoms with Crippen LogP contribution in [0.4, 0.5) is 0 Å². The van der Waals surface area contributed by atoms with Crippen LogP contribution in [0.3, 0.4) is 0 Å². The molecule has 3 aromatic rings. The van der Waals surface area contributed by atoms with Crippen LogP contribution in [0.25, 0.3) is 22.8 Å². The monoisotopic (exact) mass is 365 g/mol. The van der Waals surface area contributed by atoms with Gasteiger partial charge in [0, 0.05) is 17.7 Å². The molecule has 0 saturated carbocycles. The fraction of sp³-hybridized carbons (Fsp3) is 0.364. The maximum Gasteiger partial charge on any atom is 0.258 e. The number of aryl methyl sites for hydroxylation is 3. The number of phenols is 1. The minimum atomic E-state index is 0.341. The molecule has 27 heavy (non-hydrogen) atoms. The van der Waals surface area contributed by atoms with Crippen molar-refractivity contribution in [3.63, 3.8) is 0 Å². The topological polar surface area (TPSA) is 62.4 Å². The number of benzene rings is 2. The van der Waals surface area contributed by atoms with E-state index in [2.05, 4.69) is 54.1 Å². The minimum absolute atomic E-state index is 0.341. The van der Waals surface area contributed by atoms with Gasteiger partial charge in [-0.2, -0.15) is 4.98 Å². The summed E-state index contributed by atoms with van der Waals surface area (Å²) in [6.07, 6.45) is 0.747. The third-order valence-electron chi connectivity index (χ3n) is 4.82. The predicted molar refractivity (Wildman–Crippen MR) is 108 cm³/mol. The van der Waals surface area contributed by atoms with E-state index in [0.717, 1.165) is 41.8 Å². The number of phenolic OH excluding ortho intramolecular Hbond substituents is 1. The van der Waals surface area contributed by atoms with Crippen LogP contribution in [0, 0.1) is 13.8 Å². The minimum Gasteiger partial charge on any atom is -0.507 e. The average Bonchev–Trinajstić information content (AvgIpc) is 3.13. The van der Waals surface area contributed by atoms with Crippen LogP contribution < -0.4 is 0 Å². The molecule has 1 heterocycles. The third kappa shape index (κ3) is 4.19. The normalized spacial score (nSPS) is 11.3. The Bertz CT molecular complexity index is 947. The molecular formula is C22H27N3O2. The van der Waals surface area contributed by atoms with E-state index in [-0.39, 0.29) is 0 Å². The molecule has 5 heteroatoms. The summed E-state index contributed by atoms with van der Waals surface area (Å²) in [4.78, 5) is 6.86. The molecule has 0 radical (unpaired) electrons. The Morgan fingerprint density at radius 1 is 1.04 bits per heavy atom. The standard InChI is InChI=1S/C22H27N3O2/c1-6-17-12-18(10-15(4)20(17)26)21-23-22(27-24-21)19-9-14(3)8-16(11-19)13-25(5)7-2/h8-12,26H,6-7,13H2,1-5H3. The first-order valence-electron chi connectivity index (χ1n) is 9.37. The lowest BCUT2D eigenvalue weighted by Gasteiger charge is -2.14. The summed E-state index contributed by atoms with van der Waals surface area (Å²) in [6, 6.07) is 10.2. The largest absolute Gasteiger partial charge is 0.507 e. The molecule has 3 rings (SSSR count). The Balaban J connectivity index is 1.96. The smallest absolute Gasteiger partial charge is 0.258 e. The molecule has 0 aliphatic carbocycles. The highest BCUT2D eigenvalue weighted by Crippen LogP contribution is 2.30. The lowest BCUT2D eigenvalue weighted by Crippen LogP contribution is -2.16. The second kappa shape index (κ2) is 7.92. The number of hydrogen-bond acceptors (Lipinski definition) is 5. The summed E-state index contributed by atoms with van der Waals surface area (Å²) < 4.78 is 5.55. The van der Waals surface area contributed by atoms with Gasteiger partial charge in [-0.3, -0.25) is 0 Å². The molecule has 0 aliphatic heterocycles. The average molecular weight is 365 g/mol. The summed E-state index contributed by atoms with van der Waals surface area (Å²) >= 11 is 0. The van der Waals surface area contributed by atoms with Crippen molar-refractivity contribution < 1.29 is 9.63 Å². The first kappa shape index (κ1) is 19.1. The molecular weight excluding hydrogens is 338 g/mol. The van der Waals surface area contributed by atoms with E-state index in [1.807, 2.05) is 26.0 Å². The van der Waals surface area contributed by atoms with Crippen LogP contribution in [-0.2, 0) is 13.0 Å². The first-order valence-corrected chi connectivity index (χ1v) is 9.37. The molecule has 0 unspecified atom stereocenters. The molecule has 0 saturated heterocycles. The summed E-state index contributed by atoms with van der Waals surface area (Å²) in [5.41, 5.74) is 5.88. The molecule has 0 amide bonds. The van der Waals surface area contributed by atoms with Crippen LogP contribution in [0.5, 0.6) is 5.75 Å². The zero-order chi connectivity index (χ0) is 19.6. The van der Waals surface area contributed by atoms with Gasteiger partial charge in [0.15, 0.2) is 0 Å². The third-order valence-corrected chi connectivity index (χ3v) is 4.82. The lowest BCUT2D eigenvalue weighted by atomic mass is 10.0. The second-order valence-electron chi connectivity index (χ2n) is 7.12. The Morgan fingerprint density at radius 3 is 2.52 bits per heavy atom. The fourth-order valence-corrected chi connectivity index (χ4v) is 3.21. The van der Waals surface area contributed by atoms with Crippen molar-refractivity contribution in [1.82, 2.24) is 15.0 Å². The van der Waals surface area contributed by atoms with Gasteiger partial charge in [0.25, 0.3) is 5.89 Å². The lowest BCUT2D eigenvalue weighted by molar-refractivity contribution is 0.345. The Labute approximate surface area is 160 Å². The Morgan fingerprint density at radius 2 is 1.81 bits per heavy atom. The number of nitrogens with zero attached hydrogens (tertiary/aromatic N) is 3. The van der Waals surface area contributed by atoms with Crippen molar-refractivity contribution in [2.75, 3.05) is 13.6 Å². The van der Waals surface area contributed by atoms with Gasteiger partial charge in [0.2, 0.25) is 5.82 Å². The van der Waals surface area contributed by atoms with Crippen LogP contribution in [-0.4, -0.2) is 33.7 Å². The molecule has 2 aromatic carbocycles. The van der Waals surface area contributed by atoms with Crippen molar-refractivity contribution in [3.8, 4) is 28.6 Å². The van der Waals surface area contributed by atoms with E-state index in [9.17, 15) is 5.11 Å². The maximum absolute atomic E-state index is 10.1. The number of rotatable bonds is 6. The van der Waals surface area contributed by atoms with Gasteiger partial charge >= 0.3 is 0 Å².